The first-order valence-electron chi connectivity index (χ1n) is 13.4. The van der Waals surface area contributed by atoms with Gasteiger partial charge in [0.1, 0.15) is 12.6 Å². The number of fused-ring (bicyclic) bond motifs is 3. The van der Waals surface area contributed by atoms with Gasteiger partial charge in [0, 0.05) is 16.6 Å². The SMILES string of the molecule is C[C@H](OCc1ccccc1)[C@@H](NC(=O)OCC1c2ccccc2-c2ccccc21)C(=O)Nc1cc(Cl)cc(C(=O)O)c1. The molecule has 3 N–H and O–H groups in total. The maximum absolute atomic E-state index is 13.4. The Morgan fingerprint density at radius 3 is 2.14 bits per heavy atom. The van der Waals surface area contributed by atoms with Crippen molar-refractivity contribution in [2.24, 2.45) is 0 Å². The molecule has 0 saturated heterocycles. The molecular formula is C33H29ClN2O6. The first-order valence-corrected chi connectivity index (χ1v) is 13.8. The minimum Gasteiger partial charge on any atom is -0.478 e. The third kappa shape index (κ3) is 6.62. The Morgan fingerprint density at radius 1 is 0.881 bits per heavy atom. The average molecular weight is 585 g/mol. The Kier molecular flexibility index (Phi) is 8.85. The quantitative estimate of drug-likeness (QED) is 0.196. The van der Waals surface area contributed by atoms with E-state index in [1.165, 1.54) is 18.2 Å². The normalized spacial score (nSPS) is 13.4. The summed E-state index contributed by atoms with van der Waals surface area (Å²) in [5.41, 5.74) is 5.30. The molecule has 0 heterocycles. The molecule has 0 radical (unpaired) electrons. The van der Waals surface area contributed by atoms with Crippen molar-refractivity contribution in [3.8, 4) is 11.1 Å². The van der Waals surface area contributed by atoms with Gasteiger partial charge in [-0.25, -0.2) is 9.59 Å². The molecule has 9 heteroatoms. The fourth-order valence-electron chi connectivity index (χ4n) is 5.07. The highest BCUT2D eigenvalue weighted by Gasteiger charge is 2.32. The third-order valence-corrected chi connectivity index (χ3v) is 7.36. The monoisotopic (exact) mass is 584 g/mol. The maximum Gasteiger partial charge on any atom is 0.407 e. The van der Waals surface area contributed by atoms with Crippen molar-refractivity contribution in [2.75, 3.05) is 11.9 Å². The van der Waals surface area contributed by atoms with Gasteiger partial charge in [-0.3, -0.25) is 4.79 Å². The van der Waals surface area contributed by atoms with Gasteiger partial charge in [-0.15, -0.1) is 0 Å². The van der Waals surface area contributed by atoms with Crippen LogP contribution in [0.25, 0.3) is 11.1 Å². The number of amides is 2. The third-order valence-electron chi connectivity index (χ3n) is 7.14. The highest BCUT2D eigenvalue weighted by Crippen LogP contribution is 2.44. The number of carbonyl (C=O) groups excluding carboxylic acids is 2. The maximum atomic E-state index is 13.4. The van der Waals surface area contributed by atoms with Crippen LogP contribution >= 0.6 is 11.6 Å². The van der Waals surface area contributed by atoms with Crippen LogP contribution in [0.4, 0.5) is 10.5 Å². The van der Waals surface area contributed by atoms with Crippen LogP contribution < -0.4 is 10.6 Å². The molecule has 42 heavy (non-hydrogen) atoms. The summed E-state index contributed by atoms with van der Waals surface area (Å²) in [7, 11) is 0. The zero-order chi connectivity index (χ0) is 29.6. The highest BCUT2D eigenvalue weighted by molar-refractivity contribution is 6.31. The lowest BCUT2D eigenvalue weighted by molar-refractivity contribution is -0.121. The smallest absolute Gasteiger partial charge is 0.407 e. The Bertz CT molecular complexity index is 1560. The number of anilines is 1. The molecule has 1 aliphatic carbocycles. The van der Waals surface area contributed by atoms with Gasteiger partial charge in [0.05, 0.1) is 18.3 Å². The second kappa shape index (κ2) is 12.9. The number of alkyl carbamates (subject to hydrolysis) is 1. The van der Waals surface area contributed by atoms with Crippen LogP contribution in [-0.2, 0) is 20.9 Å². The average Bonchev–Trinajstić information content (AvgIpc) is 3.31. The summed E-state index contributed by atoms with van der Waals surface area (Å²) >= 11 is 6.07. The van der Waals surface area contributed by atoms with Crippen LogP contribution in [-0.4, -0.2) is 41.8 Å². The van der Waals surface area contributed by atoms with E-state index in [9.17, 15) is 19.5 Å². The van der Waals surface area contributed by atoms with E-state index in [1.54, 1.807) is 6.92 Å². The highest BCUT2D eigenvalue weighted by atomic mass is 35.5. The van der Waals surface area contributed by atoms with Crippen LogP contribution in [0.1, 0.15) is 39.9 Å². The van der Waals surface area contributed by atoms with Gasteiger partial charge in [-0.05, 0) is 52.9 Å². The molecule has 0 aromatic heterocycles. The van der Waals surface area contributed by atoms with Crippen LogP contribution in [0.2, 0.25) is 5.02 Å². The first kappa shape index (κ1) is 28.9. The van der Waals surface area contributed by atoms with Gasteiger partial charge in [0.2, 0.25) is 5.91 Å². The molecule has 1 aliphatic rings. The number of nitrogens with one attached hydrogen (secondary N) is 2. The Balaban J connectivity index is 1.31. The van der Waals surface area contributed by atoms with Gasteiger partial charge in [-0.2, -0.15) is 0 Å². The molecule has 2 amide bonds. The molecule has 0 spiro atoms. The van der Waals surface area contributed by atoms with Crippen molar-refractivity contribution in [1.82, 2.24) is 5.32 Å². The summed E-state index contributed by atoms with van der Waals surface area (Å²) < 4.78 is 11.6. The van der Waals surface area contributed by atoms with Crippen LogP contribution in [0.5, 0.6) is 0 Å². The summed E-state index contributed by atoms with van der Waals surface area (Å²) in [4.78, 5) is 38.0. The number of benzene rings is 4. The summed E-state index contributed by atoms with van der Waals surface area (Å²) in [5, 5.41) is 14.8. The van der Waals surface area contributed by atoms with Gasteiger partial charge in [-0.1, -0.05) is 90.5 Å². The van der Waals surface area contributed by atoms with Gasteiger partial charge in [0.15, 0.2) is 0 Å². The number of carboxylic acids is 1. The molecule has 0 saturated carbocycles. The Morgan fingerprint density at radius 2 is 1.50 bits per heavy atom. The number of carboxylic acid groups (broad SMARTS) is 1. The predicted octanol–water partition coefficient (Wildman–Crippen LogP) is 6.49. The number of halogens is 1. The Labute approximate surface area is 248 Å². The number of aromatic carboxylic acids is 1. The largest absolute Gasteiger partial charge is 0.478 e. The van der Waals surface area contributed by atoms with E-state index >= 15 is 0 Å². The molecule has 5 rings (SSSR count). The predicted molar refractivity (Wildman–Crippen MR) is 160 cm³/mol. The molecule has 4 aromatic carbocycles. The number of rotatable bonds is 10. The standard InChI is InChI=1S/C33H29ClN2O6/c1-20(41-18-21-9-3-2-4-10-21)30(31(37)35-24-16-22(32(38)39)15-23(34)17-24)36-33(40)42-19-29-27-13-7-5-11-25(27)26-12-6-8-14-28(26)29/h2-17,20,29-30H,18-19H2,1H3,(H,35,37)(H,36,40)(H,38,39)/t20-,30+/m0/s1. The van der Waals surface area contributed by atoms with Crippen LogP contribution in [0.15, 0.2) is 97.1 Å². The van der Waals surface area contributed by atoms with Crippen molar-refractivity contribution in [1.29, 1.82) is 0 Å². The zero-order valence-corrected chi connectivity index (χ0v) is 23.5. The van der Waals surface area contributed by atoms with Gasteiger partial charge in [0.25, 0.3) is 0 Å². The molecule has 2 atom stereocenters. The number of hydrogen-bond acceptors (Lipinski definition) is 5. The summed E-state index contributed by atoms with van der Waals surface area (Å²) in [6.07, 6.45) is -1.56. The lowest BCUT2D eigenvalue weighted by Gasteiger charge is -2.25. The van der Waals surface area contributed by atoms with E-state index in [-0.39, 0.29) is 35.4 Å². The van der Waals surface area contributed by atoms with Crippen molar-refractivity contribution < 1.29 is 29.0 Å². The molecule has 0 aliphatic heterocycles. The number of carbonyl (C=O) groups is 3. The summed E-state index contributed by atoms with van der Waals surface area (Å²) in [6, 6.07) is 28.2. The lowest BCUT2D eigenvalue weighted by atomic mass is 9.98. The molecule has 0 unspecified atom stereocenters. The molecule has 8 nitrogen and oxygen atoms in total. The summed E-state index contributed by atoms with van der Waals surface area (Å²) in [6.45, 7) is 1.94. The van der Waals surface area contributed by atoms with E-state index in [2.05, 4.69) is 10.6 Å². The van der Waals surface area contributed by atoms with E-state index in [0.29, 0.717) is 0 Å². The van der Waals surface area contributed by atoms with E-state index in [1.807, 2.05) is 78.9 Å². The number of hydrogen-bond donors (Lipinski definition) is 3. The van der Waals surface area contributed by atoms with Crippen molar-refractivity contribution in [2.45, 2.75) is 31.6 Å². The summed E-state index contributed by atoms with van der Waals surface area (Å²) in [5.74, 6) is -1.97. The second-order valence-corrected chi connectivity index (χ2v) is 10.4. The molecule has 4 aromatic rings. The van der Waals surface area contributed by atoms with Crippen LogP contribution in [0.3, 0.4) is 0 Å². The minimum atomic E-state index is -1.19. The first-order chi connectivity index (χ1) is 20.3. The molecule has 214 valence electrons. The van der Waals surface area contributed by atoms with E-state index in [0.717, 1.165) is 27.8 Å². The fraction of sp³-hybridized carbons (Fsp3) is 0.182. The van der Waals surface area contributed by atoms with Crippen LogP contribution in [0, 0.1) is 0 Å². The van der Waals surface area contributed by atoms with Gasteiger partial charge < -0.3 is 25.2 Å². The molecular weight excluding hydrogens is 556 g/mol. The van der Waals surface area contributed by atoms with Crippen molar-refractivity contribution in [3.05, 3.63) is 124 Å². The lowest BCUT2D eigenvalue weighted by Crippen LogP contribution is -2.51. The second-order valence-electron chi connectivity index (χ2n) is 9.97. The zero-order valence-electron chi connectivity index (χ0n) is 22.8. The van der Waals surface area contributed by atoms with Gasteiger partial charge >= 0.3 is 12.1 Å². The minimum absolute atomic E-state index is 0.0731. The Hall–Kier alpha value is -4.66. The molecule has 0 fully saturated rings. The fourth-order valence-corrected chi connectivity index (χ4v) is 5.30. The topological polar surface area (TPSA) is 114 Å². The van der Waals surface area contributed by atoms with Crippen molar-refractivity contribution >= 4 is 35.3 Å². The molecule has 0 bridgehead atoms. The van der Waals surface area contributed by atoms with E-state index < -0.39 is 30.1 Å². The number of ether oxygens (including phenoxy) is 2. The van der Waals surface area contributed by atoms with E-state index in [4.69, 9.17) is 21.1 Å². The van der Waals surface area contributed by atoms with Crippen molar-refractivity contribution in [3.63, 3.8) is 0 Å².